The zero-order valence-electron chi connectivity index (χ0n) is 14.0. The Bertz CT molecular complexity index is 717. The topological polar surface area (TPSA) is 67.9 Å². The summed E-state index contributed by atoms with van der Waals surface area (Å²) in [6.45, 7) is 0.261. The van der Waals surface area contributed by atoms with Crippen LogP contribution in [0.15, 0.2) is 48.5 Å². The third kappa shape index (κ3) is 5.69. The second-order valence-corrected chi connectivity index (χ2v) is 5.61. The Kier molecular flexibility index (Phi) is 6.65. The lowest BCUT2D eigenvalue weighted by atomic mass is 10.2. The van der Waals surface area contributed by atoms with Crippen LogP contribution in [-0.4, -0.2) is 32.8 Å². The van der Waals surface area contributed by atoms with Gasteiger partial charge in [-0.15, -0.1) is 0 Å². The van der Waals surface area contributed by atoms with Crippen LogP contribution in [0.5, 0.6) is 5.75 Å². The van der Waals surface area contributed by atoms with Gasteiger partial charge >= 0.3 is 6.09 Å². The van der Waals surface area contributed by atoms with E-state index in [-0.39, 0.29) is 18.9 Å². The molecule has 1 N–H and O–H groups in total. The fourth-order valence-corrected chi connectivity index (χ4v) is 2.15. The Morgan fingerprint density at radius 2 is 1.72 bits per heavy atom. The van der Waals surface area contributed by atoms with Gasteiger partial charge in [0.25, 0.3) is 0 Å². The Labute approximate surface area is 151 Å². The zero-order chi connectivity index (χ0) is 18.2. The highest BCUT2D eigenvalue weighted by Crippen LogP contribution is 2.18. The van der Waals surface area contributed by atoms with Crippen LogP contribution in [0.1, 0.15) is 6.42 Å². The SMILES string of the molecule is COC(=O)N(C)c1ccc(NC(=O)CCOc2ccc(Cl)cc2)cc1. The van der Waals surface area contributed by atoms with Gasteiger partial charge in [-0.2, -0.15) is 0 Å². The molecule has 2 rings (SSSR count). The standard InChI is InChI=1S/C18H19ClN2O4/c1-21(18(23)24-2)15-7-5-14(6-8-15)20-17(22)11-12-25-16-9-3-13(19)4-10-16/h3-10H,11-12H2,1-2H3,(H,20,22). The number of ether oxygens (including phenoxy) is 2. The van der Waals surface area contributed by atoms with Gasteiger partial charge in [0.2, 0.25) is 5.91 Å². The minimum Gasteiger partial charge on any atom is -0.493 e. The van der Waals surface area contributed by atoms with E-state index in [1.807, 2.05) is 0 Å². The average Bonchev–Trinajstić information content (AvgIpc) is 2.62. The van der Waals surface area contributed by atoms with Crippen LogP contribution in [0, 0.1) is 0 Å². The third-order valence-electron chi connectivity index (χ3n) is 3.40. The first-order valence-corrected chi connectivity index (χ1v) is 7.97. The van der Waals surface area contributed by atoms with Crippen molar-refractivity contribution in [1.82, 2.24) is 0 Å². The molecule has 0 aromatic heterocycles. The van der Waals surface area contributed by atoms with E-state index < -0.39 is 6.09 Å². The van der Waals surface area contributed by atoms with Gasteiger partial charge in [-0.25, -0.2) is 4.79 Å². The Balaban J connectivity index is 1.80. The molecule has 2 aromatic carbocycles. The molecule has 0 bridgehead atoms. The summed E-state index contributed by atoms with van der Waals surface area (Å²) in [6.07, 6.45) is -0.247. The van der Waals surface area contributed by atoms with Crippen molar-refractivity contribution >= 4 is 35.0 Å². The number of rotatable bonds is 6. The van der Waals surface area contributed by atoms with Gasteiger partial charge in [0.05, 0.1) is 20.1 Å². The highest BCUT2D eigenvalue weighted by molar-refractivity contribution is 6.30. The van der Waals surface area contributed by atoms with Gasteiger partial charge in [0.15, 0.2) is 0 Å². The lowest BCUT2D eigenvalue weighted by molar-refractivity contribution is -0.116. The minimum absolute atomic E-state index is 0.164. The molecule has 0 fully saturated rings. The van der Waals surface area contributed by atoms with E-state index in [1.165, 1.54) is 12.0 Å². The van der Waals surface area contributed by atoms with Crippen LogP contribution in [0.4, 0.5) is 16.2 Å². The lowest BCUT2D eigenvalue weighted by Gasteiger charge is -2.16. The number of anilines is 2. The number of amides is 2. The Morgan fingerprint density at radius 1 is 1.08 bits per heavy atom. The first-order valence-electron chi connectivity index (χ1n) is 7.59. The molecule has 0 unspecified atom stereocenters. The van der Waals surface area contributed by atoms with E-state index in [0.29, 0.717) is 22.1 Å². The van der Waals surface area contributed by atoms with Crippen molar-refractivity contribution in [3.8, 4) is 5.75 Å². The van der Waals surface area contributed by atoms with Gasteiger partial charge < -0.3 is 14.8 Å². The summed E-state index contributed by atoms with van der Waals surface area (Å²) in [5.41, 5.74) is 1.30. The van der Waals surface area contributed by atoms with Crippen molar-refractivity contribution in [2.75, 3.05) is 31.0 Å². The van der Waals surface area contributed by atoms with Gasteiger partial charge in [-0.1, -0.05) is 11.6 Å². The quantitative estimate of drug-likeness (QED) is 0.844. The predicted molar refractivity (Wildman–Crippen MR) is 97.4 cm³/mol. The predicted octanol–water partition coefficient (Wildman–Crippen LogP) is 3.95. The summed E-state index contributed by atoms with van der Waals surface area (Å²) in [6, 6.07) is 13.8. The molecule has 0 radical (unpaired) electrons. The van der Waals surface area contributed by atoms with Crippen LogP contribution in [0.25, 0.3) is 0 Å². The molecular formula is C18H19ClN2O4. The Morgan fingerprint density at radius 3 is 2.32 bits per heavy atom. The number of benzene rings is 2. The summed E-state index contributed by atoms with van der Waals surface area (Å²) < 4.78 is 10.1. The molecule has 7 heteroatoms. The number of methoxy groups -OCH3 is 1. The van der Waals surface area contributed by atoms with Gasteiger partial charge in [0, 0.05) is 23.4 Å². The summed E-state index contributed by atoms with van der Waals surface area (Å²) in [4.78, 5) is 24.7. The van der Waals surface area contributed by atoms with Crippen molar-refractivity contribution < 1.29 is 19.1 Å². The number of hydrogen-bond donors (Lipinski definition) is 1. The smallest absolute Gasteiger partial charge is 0.413 e. The summed E-state index contributed by atoms with van der Waals surface area (Å²) >= 11 is 5.79. The molecule has 0 aliphatic heterocycles. The lowest BCUT2D eigenvalue weighted by Crippen LogP contribution is -2.25. The van der Waals surface area contributed by atoms with Crippen molar-refractivity contribution in [3.63, 3.8) is 0 Å². The first kappa shape index (κ1) is 18.6. The zero-order valence-corrected chi connectivity index (χ0v) is 14.7. The molecular weight excluding hydrogens is 344 g/mol. The van der Waals surface area contributed by atoms with Crippen molar-refractivity contribution in [2.45, 2.75) is 6.42 Å². The molecule has 0 atom stereocenters. The van der Waals surface area contributed by atoms with Crippen molar-refractivity contribution in [3.05, 3.63) is 53.6 Å². The highest BCUT2D eigenvalue weighted by atomic mass is 35.5. The molecule has 0 aliphatic carbocycles. The molecule has 0 heterocycles. The number of hydrogen-bond acceptors (Lipinski definition) is 4. The minimum atomic E-state index is -0.462. The van der Waals surface area contributed by atoms with Gasteiger partial charge in [0.1, 0.15) is 5.75 Å². The Hall–Kier alpha value is -2.73. The second-order valence-electron chi connectivity index (χ2n) is 5.18. The first-order chi connectivity index (χ1) is 12.0. The molecule has 0 aliphatic rings. The van der Waals surface area contributed by atoms with Crippen LogP contribution >= 0.6 is 11.6 Å². The molecule has 0 saturated carbocycles. The van der Waals surface area contributed by atoms with Crippen LogP contribution in [0.2, 0.25) is 5.02 Å². The van der Waals surface area contributed by atoms with E-state index in [0.717, 1.165) is 0 Å². The van der Waals surface area contributed by atoms with Crippen molar-refractivity contribution in [1.29, 1.82) is 0 Å². The maximum absolute atomic E-state index is 11.9. The fraction of sp³-hybridized carbons (Fsp3) is 0.222. The molecule has 25 heavy (non-hydrogen) atoms. The molecule has 6 nitrogen and oxygen atoms in total. The summed E-state index contributed by atoms with van der Waals surface area (Å²) in [5, 5.41) is 3.40. The van der Waals surface area contributed by atoms with Crippen LogP contribution in [0.3, 0.4) is 0 Å². The van der Waals surface area contributed by atoms with E-state index in [2.05, 4.69) is 10.1 Å². The van der Waals surface area contributed by atoms with Crippen LogP contribution < -0.4 is 15.0 Å². The third-order valence-corrected chi connectivity index (χ3v) is 3.65. The largest absolute Gasteiger partial charge is 0.493 e. The number of carbonyl (C=O) groups excluding carboxylic acids is 2. The average molecular weight is 363 g/mol. The molecule has 132 valence electrons. The van der Waals surface area contributed by atoms with E-state index in [4.69, 9.17) is 16.3 Å². The van der Waals surface area contributed by atoms with E-state index >= 15 is 0 Å². The number of halogens is 1. The highest BCUT2D eigenvalue weighted by Gasteiger charge is 2.10. The number of nitrogens with zero attached hydrogens (tertiary/aromatic N) is 1. The second kappa shape index (κ2) is 8.94. The molecule has 0 saturated heterocycles. The van der Waals surface area contributed by atoms with Gasteiger partial charge in [-0.05, 0) is 48.5 Å². The number of nitrogens with one attached hydrogen (secondary N) is 1. The number of carbonyl (C=O) groups is 2. The van der Waals surface area contributed by atoms with E-state index in [1.54, 1.807) is 55.6 Å². The monoisotopic (exact) mass is 362 g/mol. The summed E-state index contributed by atoms with van der Waals surface area (Å²) in [7, 11) is 2.92. The van der Waals surface area contributed by atoms with E-state index in [9.17, 15) is 9.59 Å². The molecule has 0 spiro atoms. The fourth-order valence-electron chi connectivity index (χ4n) is 2.03. The summed E-state index contributed by atoms with van der Waals surface area (Å²) in [5.74, 6) is 0.496. The van der Waals surface area contributed by atoms with Crippen molar-refractivity contribution in [2.24, 2.45) is 0 Å². The van der Waals surface area contributed by atoms with Gasteiger partial charge in [-0.3, -0.25) is 9.69 Å². The molecule has 2 amide bonds. The maximum Gasteiger partial charge on any atom is 0.413 e. The van der Waals surface area contributed by atoms with Crippen LogP contribution in [-0.2, 0) is 9.53 Å². The molecule has 2 aromatic rings. The maximum atomic E-state index is 11.9. The normalized spacial score (nSPS) is 10.0.